The molecule has 0 atom stereocenters. The van der Waals surface area contributed by atoms with Gasteiger partial charge in [-0.05, 0) is 30.3 Å². The van der Waals surface area contributed by atoms with Gasteiger partial charge in [-0.25, -0.2) is 4.39 Å². The molecule has 6 nitrogen and oxygen atoms in total. The van der Waals surface area contributed by atoms with Crippen LogP contribution in [0.15, 0.2) is 47.6 Å². The lowest BCUT2D eigenvalue weighted by molar-refractivity contribution is 0.102. The zero-order valence-corrected chi connectivity index (χ0v) is 14.6. The largest absolute Gasteiger partial charge is 0.454 e. The molecular formula is C18H14FN3O3S. The molecule has 1 aliphatic heterocycles. The molecule has 0 aliphatic carbocycles. The summed E-state index contributed by atoms with van der Waals surface area (Å²) in [6.07, 6.45) is 0. The maximum absolute atomic E-state index is 13.9. The molecule has 132 valence electrons. The van der Waals surface area contributed by atoms with Crippen LogP contribution in [0.2, 0.25) is 0 Å². The van der Waals surface area contributed by atoms with Crippen molar-refractivity contribution in [3.8, 4) is 22.9 Å². The molecule has 0 unspecified atom stereocenters. The van der Waals surface area contributed by atoms with Gasteiger partial charge in [0, 0.05) is 12.6 Å². The van der Waals surface area contributed by atoms with Gasteiger partial charge in [-0.2, -0.15) is 0 Å². The minimum Gasteiger partial charge on any atom is -0.454 e. The number of hydrogen-bond acceptors (Lipinski definition) is 6. The summed E-state index contributed by atoms with van der Waals surface area (Å²) in [6.45, 7) is 0.166. The van der Waals surface area contributed by atoms with Crippen molar-refractivity contribution in [2.75, 3.05) is 12.5 Å². The first-order valence-electron chi connectivity index (χ1n) is 7.83. The first-order valence-corrected chi connectivity index (χ1v) is 8.82. The van der Waals surface area contributed by atoms with E-state index in [0.29, 0.717) is 33.6 Å². The number of ether oxygens (including phenoxy) is 2. The van der Waals surface area contributed by atoms with Gasteiger partial charge < -0.3 is 14.0 Å². The van der Waals surface area contributed by atoms with E-state index in [-0.39, 0.29) is 24.1 Å². The monoisotopic (exact) mass is 371 g/mol. The van der Waals surface area contributed by atoms with E-state index >= 15 is 0 Å². The van der Waals surface area contributed by atoms with Crippen LogP contribution in [-0.4, -0.2) is 33.1 Å². The fourth-order valence-electron chi connectivity index (χ4n) is 2.60. The lowest BCUT2D eigenvalue weighted by Crippen LogP contribution is -2.04. The molecule has 2 heterocycles. The number of nitrogens with zero attached hydrogens (tertiary/aromatic N) is 3. The molecule has 8 heteroatoms. The average Bonchev–Trinajstić information content (AvgIpc) is 3.26. The highest BCUT2D eigenvalue weighted by Gasteiger charge is 2.18. The summed E-state index contributed by atoms with van der Waals surface area (Å²) < 4.78 is 26.2. The predicted octanol–water partition coefficient (Wildman–Crippen LogP) is 3.32. The second-order valence-corrected chi connectivity index (χ2v) is 6.57. The standard InChI is InChI=1S/C18H14FN3O3S/c1-22-17(12-4-2-3-5-13(12)19)20-21-18(22)26-9-14(23)11-6-7-15-16(8-11)25-10-24-15/h2-8H,9-10H2,1H3. The van der Waals surface area contributed by atoms with Crippen molar-refractivity contribution in [1.29, 1.82) is 0 Å². The van der Waals surface area contributed by atoms with Crippen molar-refractivity contribution >= 4 is 17.5 Å². The Kier molecular flexibility index (Phi) is 4.34. The topological polar surface area (TPSA) is 66.2 Å². The Morgan fingerprint density at radius 3 is 2.85 bits per heavy atom. The fourth-order valence-corrected chi connectivity index (χ4v) is 3.41. The summed E-state index contributed by atoms with van der Waals surface area (Å²) in [5, 5.41) is 8.66. The summed E-state index contributed by atoms with van der Waals surface area (Å²) in [5.41, 5.74) is 0.912. The third kappa shape index (κ3) is 3.03. The molecule has 0 fully saturated rings. The van der Waals surface area contributed by atoms with Gasteiger partial charge in [0.25, 0.3) is 0 Å². The summed E-state index contributed by atoms with van der Waals surface area (Å²) in [7, 11) is 1.75. The third-order valence-electron chi connectivity index (χ3n) is 3.98. The van der Waals surface area contributed by atoms with Gasteiger partial charge >= 0.3 is 0 Å². The van der Waals surface area contributed by atoms with E-state index in [1.165, 1.54) is 17.8 Å². The van der Waals surface area contributed by atoms with Crippen molar-refractivity contribution < 1.29 is 18.7 Å². The Bertz CT molecular complexity index is 990. The van der Waals surface area contributed by atoms with Crippen LogP contribution in [0.3, 0.4) is 0 Å². The molecule has 0 amide bonds. The normalized spacial score (nSPS) is 12.4. The van der Waals surface area contributed by atoms with Crippen molar-refractivity contribution in [2.24, 2.45) is 7.05 Å². The van der Waals surface area contributed by atoms with Crippen LogP contribution in [0.25, 0.3) is 11.4 Å². The maximum atomic E-state index is 13.9. The molecule has 1 aromatic heterocycles. The van der Waals surface area contributed by atoms with Gasteiger partial charge in [0.15, 0.2) is 28.3 Å². The second kappa shape index (κ2) is 6.80. The van der Waals surface area contributed by atoms with E-state index in [1.54, 1.807) is 48.0 Å². The van der Waals surface area contributed by atoms with Crippen LogP contribution < -0.4 is 9.47 Å². The highest BCUT2D eigenvalue weighted by molar-refractivity contribution is 7.99. The highest BCUT2D eigenvalue weighted by atomic mass is 32.2. The Hall–Kier alpha value is -2.87. The van der Waals surface area contributed by atoms with Gasteiger partial charge in [0.05, 0.1) is 11.3 Å². The Labute approximate surface area is 153 Å². The third-order valence-corrected chi connectivity index (χ3v) is 5.00. The molecule has 0 bridgehead atoms. The van der Waals surface area contributed by atoms with Gasteiger partial charge in [0.1, 0.15) is 5.82 Å². The van der Waals surface area contributed by atoms with Gasteiger partial charge in [-0.1, -0.05) is 23.9 Å². The molecule has 4 rings (SSSR count). The summed E-state index contributed by atoms with van der Waals surface area (Å²) in [5.74, 6) is 1.38. The van der Waals surface area contributed by atoms with Crippen LogP contribution in [0.4, 0.5) is 4.39 Å². The Morgan fingerprint density at radius 1 is 1.19 bits per heavy atom. The minimum absolute atomic E-state index is 0.0660. The summed E-state index contributed by atoms with van der Waals surface area (Å²) in [4.78, 5) is 12.4. The number of Topliss-reactive ketones (excluding diaryl/α,β-unsaturated/α-hetero) is 1. The molecule has 1 aliphatic rings. The second-order valence-electron chi connectivity index (χ2n) is 5.62. The number of carbonyl (C=O) groups excluding carboxylic acids is 1. The Balaban J connectivity index is 1.49. The number of halogens is 1. The number of hydrogen-bond donors (Lipinski definition) is 0. The smallest absolute Gasteiger partial charge is 0.231 e. The molecule has 0 saturated carbocycles. The van der Waals surface area contributed by atoms with Gasteiger partial charge in [-0.3, -0.25) is 4.79 Å². The lowest BCUT2D eigenvalue weighted by Gasteiger charge is -2.05. The van der Waals surface area contributed by atoms with E-state index in [4.69, 9.17) is 9.47 Å². The molecule has 0 radical (unpaired) electrons. The van der Waals surface area contributed by atoms with E-state index in [2.05, 4.69) is 10.2 Å². The molecule has 2 aromatic carbocycles. The van der Waals surface area contributed by atoms with Crippen LogP contribution >= 0.6 is 11.8 Å². The Morgan fingerprint density at radius 2 is 2.00 bits per heavy atom. The zero-order chi connectivity index (χ0) is 18.1. The molecule has 0 spiro atoms. The van der Waals surface area contributed by atoms with E-state index in [1.807, 2.05) is 0 Å². The van der Waals surface area contributed by atoms with Gasteiger partial charge in [-0.15, -0.1) is 10.2 Å². The number of rotatable bonds is 5. The lowest BCUT2D eigenvalue weighted by atomic mass is 10.1. The van der Waals surface area contributed by atoms with E-state index < -0.39 is 0 Å². The number of benzene rings is 2. The number of ketones is 1. The molecule has 26 heavy (non-hydrogen) atoms. The average molecular weight is 371 g/mol. The van der Waals surface area contributed by atoms with E-state index in [9.17, 15) is 9.18 Å². The quantitative estimate of drug-likeness (QED) is 0.506. The van der Waals surface area contributed by atoms with Crippen molar-refractivity contribution in [2.45, 2.75) is 5.16 Å². The summed E-state index contributed by atoms with van der Waals surface area (Å²) >= 11 is 1.25. The molecule has 0 N–H and O–H groups in total. The maximum Gasteiger partial charge on any atom is 0.231 e. The predicted molar refractivity (Wildman–Crippen MR) is 94.0 cm³/mol. The minimum atomic E-state index is -0.365. The number of fused-ring (bicyclic) bond motifs is 1. The van der Waals surface area contributed by atoms with Crippen LogP contribution in [0.5, 0.6) is 11.5 Å². The number of aromatic nitrogens is 3. The zero-order valence-electron chi connectivity index (χ0n) is 13.8. The fraction of sp³-hybridized carbons (Fsp3) is 0.167. The number of carbonyl (C=O) groups is 1. The van der Waals surface area contributed by atoms with Crippen LogP contribution in [0.1, 0.15) is 10.4 Å². The van der Waals surface area contributed by atoms with Crippen molar-refractivity contribution in [3.05, 3.63) is 53.8 Å². The van der Waals surface area contributed by atoms with Gasteiger partial charge in [0.2, 0.25) is 6.79 Å². The molecular weight excluding hydrogens is 357 g/mol. The highest BCUT2D eigenvalue weighted by Crippen LogP contribution is 2.33. The molecule has 0 saturated heterocycles. The SMILES string of the molecule is Cn1c(SCC(=O)c2ccc3c(c2)OCO3)nnc1-c1ccccc1F. The van der Waals surface area contributed by atoms with Crippen molar-refractivity contribution in [3.63, 3.8) is 0 Å². The summed E-state index contributed by atoms with van der Waals surface area (Å²) in [6, 6.07) is 11.5. The van der Waals surface area contributed by atoms with Crippen LogP contribution in [0, 0.1) is 5.82 Å². The first kappa shape index (κ1) is 16.6. The number of thioether (sulfide) groups is 1. The van der Waals surface area contributed by atoms with Crippen LogP contribution in [-0.2, 0) is 7.05 Å². The molecule has 3 aromatic rings. The van der Waals surface area contributed by atoms with E-state index in [0.717, 1.165) is 0 Å². The van der Waals surface area contributed by atoms with Crippen molar-refractivity contribution in [1.82, 2.24) is 14.8 Å². The first-order chi connectivity index (χ1) is 12.6.